The molecule has 212 valence electrons. The molecule has 1 saturated heterocycles. The van der Waals surface area contributed by atoms with E-state index in [1.807, 2.05) is 6.92 Å². The molecular weight excluding hydrogens is 501 g/mol. The minimum Gasteiger partial charge on any atom is -0.330 e. The summed E-state index contributed by atoms with van der Waals surface area (Å²) in [6, 6.07) is 0. The molecule has 0 aromatic rings. The summed E-state index contributed by atoms with van der Waals surface area (Å²) in [6.07, 6.45) is 3.54. The minimum atomic E-state index is -2.11. The number of hydrogen-bond acceptors (Lipinski definition) is 3. The molecule has 0 radical (unpaired) electrons. The standard InChI is InChI=1S/C33H54O3Si2/c1-16-19-32(21-23-37(25(4)5,26(6)7)27(8)9)33(20-17-2,36-31(35-32)34-18-3)22-24-38(28(10)11,29(12)13)30(14)15/h19-20,25-31H,1-2,18H2,3-15H3/t32-,33-/m1/s1. The molecular formula is C33H54O3Si2. The second-order valence-electron chi connectivity index (χ2n) is 12.4. The van der Waals surface area contributed by atoms with Gasteiger partial charge in [-0.25, -0.2) is 0 Å². The average Bonchev–Trinajstić information content (AvgIpc) is 3.06. The lowest BCUT2D eigenvalue weighted by molar-refractivity contribution is -0.243. The van der Waals surface area contributed by atoms with Crippen molar-refractivity contribution < 1.29 is 14.2 Å². The third-order valence-corrected chi connectivity index (χ3v) is 21.3. The molecule has 0 saturated carbocycles. The second-order valence-corrected chi connectivity index (χ2v) is 23.6. The van der Waals surface area contributed by atoms with Gasteiger partial charge in [0.15, 0.2) is 0 Å². The monoisotopic (exact) mass is 554 g/mol. The SMILES string of the molecule is C=C=C[C@]1(C#C[Si](C(C)C)(C(C)C)C(C)C)OC(OCC)O[C@@]1(C#C[Si](C(C)C)(C(C)C)C(C)C)C=C=C. The third-order valence-electron chi connectivity index (χ3n) is 8.69. The van der Waals surface area contributed by atoms with E-state index in [0.717, 1.165) is 0 Å². The van der Waals surface area contributed by atoms with Crippen molar-refractivity contribution in [3.63, 3.8) is 0 Å². The van der Waals surface area contributed by atoms with E-state index in [-0.39, 0.29) is 0 Å². The van der Waals surface area contributed by atoms with Gasteiger partial charge in [0.2, 0.25) is 11.2 Å². The van der Waals surface area contributed by atoms with Gasteiger partial charge in [0.25, 0.3) is 6.48 Å². The van der Waals surface area contributed by atoms with E-state index in [1.165, 1.54) is 0 Å². The summed E-state index contributed by atoms with van der Waals surface area (Å²) in [5.41, 5.74) is 13.9. The Hall–Kier alpha value is -1.53. The Balaban J connectivity index is 4.22. The molecule has 1 aliphatic heterocycles. The number of hydrogen-bond donors (Lipinski definition) is 0. The molecule has 0 N–H and O–H groups in total. The Morgan fingerprint density at radius 1 is 0.658 bits per heavy atom. The second kappa shape index (κ2) is 13.7. The summed E-state index contributed by atoms with van der Waals surface area (Å²) >= 11 is 0. The number of rotatable bonds is 10. The number of ether oxygens (including phenoxy) is 3. The molecule has 5 heteroatoms. The van der Waals surface area contributed by atoms with Crippen LogP contribution < -0.4 is 0 Å². The van der Waals surface area contributed by atoms with Gasteiger partial charge in [0, 0.05) is 18.8 Å². The molecule has 1 aliphatic rings. The molecule has 1 fully saturated rings. The lowest BCUT2D eigenvalue weighted by atomic mass is 9.83. The first kappa shape index (κ1) is 34.5. The van der Waals surface area contributed by atoms with Crippen molar-refractivity contribution >= 4 is 16.1 Å². The molecule has 0 aromatic heterocycles. The van der Waals surface area contributed by atoms with Crippen molar-refractivity contribution in [2.45, 2.75) is 141 Å². The van der Waals surface area contributed by atoms with Crippen LogP contribution in [0.4, 0.5) is 0 Å². The molecule has 0 unspecified atom stereocenters. The molecule has 0 spiro atoms. The minimum absolute atomic E-state index is 0.429. The maximum absolute atomic E-state index is 6.54. The van der Waals surface area contributed by atoms with E-state index in [4.69, 9.17) is 14.2 Å². The van der Waals surface area contributed by atoms with Gasteiger partial charge in [-0.05, 0) is 40.2 Å². The van der Waals surface area contributed by atoms with Crippen LogP contribution in [0.25, 0.3) is 0 Å². The van der Waals surface area contributed by atoms with E-state index in [0.29, 0.717) is 39.9 Å². The van der Waals surface area contributed by atoms with Gasteiger partial charge in [0.1, 0.15) is 16.1 Å². The largest absolute Gasteiger partial charge is 0.330 e. The predicted molar refractivity (Wildman–Crippen MR) is 168 cm³/mol. The smallest absolute Gasteiger partial charge is 0.275 e. The predicted octanol–water partition coefficient (Wildman–Crippen LogP) is 8.96. The summed E-state index contributed by atoms with van der Waals surface area (Å²) in [4.78, 5) is 0. The molecule has 3 nitrogen and oxygen atoms in total. The molecule has 0 aliphatic carbocycles. The first-order valence-electron chi connectivity index (χ1n) is 14.4. The van der Waals surface area contributed by atoms with Crippen LogP contribution in [-0.2, 0) is 14.2 Å². The maximum atomic E-state index is 6.54. The molecule has 2 atom stereocenters. The summed E-state index contributed by atoms with van der Waals surface area (Å²) in [5.74, 6) is 7.22. The summed E-state index contributed by atoms with van der Waals surface area (Å²) < 4.78 is 18.9. The highest BCUT2D eigenvalue weighted by molar-refractivity contribution is 6.91. The summed E-state index contributed by atoms with van der Waals surface area (Å²) in [6.45, 7) is 36.9. The summed E-state index contributed by atoms with van der Waals surface area (Å²) in [7, 11) is -4.21. The topological polar surface area (TPSA) is 27.7 Å². The van der Waals surface area contributed by atoms with Crippen LogP contribution in [-0.4, -0.2) is 40.4 Å². The molecule has 1 heterocycles. The maximum Gasteiger partial charge on any atom is 0.275 e. The van der Waals surface area contributed by atoms with Crippen molar-refractivity contribution in [3.05, 3.63) is 36.8 Å². The van der Waals surface area contributed by atoms with Crippen LogP contribution in [0.3, 0.4) is 0 Å². The average molecular weight is 555 g/mol. The Bertz CT molecular complexity index is 896. The first-order chi connectivity index (χ1) is 17.6. The van der Waals surface area contributed by atoms with Gasteiger partial charge in [-0.15, -0.1) is 22.5 Å². The van der Waals surface area contributed by atoms with E-state index in [1.54, 1.807) is 12.2 Å². The molecule has 1 rings (SSSR count). The van der Waals surface area contributed by atoms with E-state index >= 15 is 0 Å². The van der Waals surface area contributed by atoms with Crippen LogP contribution in [0, 0.1) is 22.9 Å². The Morgan fingerprint density at radius 3 is 1.16 bits per heavy atom. The lowest BCUT2D eigenvalue weighted by Crippen LogP contribution is -2.50. The first-order valence-corrected chi connectivity index (χ1v) is 18.8. The zero-order chi connectivity index (χ0) is 29.5. The van der Waals surface area contributed by atoms with Gasteiger partial charge < -0.3 is 14.2 Å². The highest BCUT2D eigenvalue weighted by atomic mass is 28.3. The van der Waals surface area contributed by atoms with Crippen LogP contribution in [0.2, 0.25) is 33.2 Å². The van der Waals surface area contributed by atoms with Gasteiger partial charge in [-0.1, -0.05) is 108 Å². The Kier molecular flexibility index (Phi) is 12.4. The Labute approximate surface area is 237 Å². The lowest BCUT2D eigenvalue weighted by Gasteiger charge is -2.39. The third kappa shape index (κ3) is 6.27. The van der Waals surface area contributed by atoms with E-state index < -0.39 is 33.8 Å². The molecule has 0 amide bonds. The van der Waals surface area contributed by atoms with Gasteiger partial charge in [-0.3, -0.25) is 0 Å². The zero-order valence-corrected chi connectivity index (χ0v) is 28.5. The van der Waals surface area contributed by atoms with Crippen molar-refractivity contribution in [2.75, 3.05) is 6.61 Å². The molecule has 0 aromatic carbocycles. The van der Waals surface area contributed by atoms with Gasteiger partial charge in [0.05, 0.1) is 0 Å². The van der Waals surface area contributed by atoms with Gasteiger partial charge in [-0.2, -0.15) is 0 Å². The highest BCUT2D eigenvalue weighted by Gasteiger charge is 2.60. The van der Waals surface area contributed by atoms with Crippen LogP contribution in [0.15, 0.2) is 36.8 Å². The van der Waals surface area contributed by atoms with E-state index in [9.17, 15) is 0 Å². The van der Waals surface area contributed by atoms with Crippen molar-refractivity contribution in [2.24, 2.45) is 0 Å². The fourth-order valence-corrected chi connectivity index (χ4v) is 17.4. The quantitative estimate of drug-likeness (QED) is 0.153. The fraction of sp³-hybridized carbons (Fsp3) is 0.697. The van der Waals surface area contributed by atoms with Crippen LogP contribution >= 0.6 is 0 Å². The molecule has 0 bridgehead atoms. The van der Waals surface area contributed by atoms with E-state index in [2.05, 4.69) is 131 Å². The van der Waals surface area contributed by atoms with Crippen LogP contribution in [0.5, 0.6) is 0 Å². The Morgan fingerprint density at radius 2 is 0.947 bits per heavy atom. The van der Waals surface area contributed by atoms with Crippen molar-refractivity contribution in [3.8, 4) is 22.9 Å². The summed E-state index contributed by atoms with van der Waals surface area (Å²) in [5, 5.41) is 0. The normalized spacial score (nSPS) is 23.8. The van der Waals surface area contributed by atoms with Crippen LogP contribution in [0.1, 0.15) is 90.0 Å². The van der Waals surface area contributed by atoms with Crippen molar-refractivity contribution in [1.82, 2.24) is 0 Å². The molecule has 38 heavy (non-hydrogen) atoms. The van der Waals surface area contributed by atoms with Crippen molar-refractivity contribution in [1.29, 1.82) is 0 Å². The highest BCUT2D eigenvalue weighted by Crippen LogP contribution is 2.46. The van der Waals surface area contributed by atoms with Gasteiger partial charge >= 0.3 is 0 Å². The fourth-order valence-electron chi connectivity index (χ4n) is 6.86. The zero-order valence-electron chi connectivity index (χ0n) is 26.5.